The van der Waals surface area contributed by atoms with Crippen molar-refractivity contribution < 1.29 is 19.1 Å². The minimum atomic E-state index is -0.302. The second kappa shape index (κ2) is 6.75. The van der Waals surface area contributed by atoms with Gasteiger partial charge < -0.3 is 20.1 Å². The molecule has 130 valence electrons. The zero-order chi connectivity index (χ0) is 16.4. The van der Waals surface area contributed by atoms with Crippen LogP contribution in [0.5, 0.6) is 0 Å². The molecule has 3 heterocycles. The minimum absolute atomic E-state index is 0.0328. The predicted octanol–water partition coefficient (Wildman–Crippen LogP) is -0.410. The van der Waals surface area contributed by atoms with Crippen LogP contribution in [0.3, 0.4) is 0 Å². The fraction of sp³-hybridized carbons (Fsp3) is 0.875. The van der Waals surface area contributed by atoms with Crippen molar-refractivity contribution in [1.82, 2.24) is 9.80 Å². The van der Waals surface area contributed by atoms with E-state index in [1.165, 1.54) is 0 Å². The molecule has 7 heteroatoms. The third-order valence-corrected chi connectivity index (χ3v) is 5.55. The highest BCUT2D eigenvalue weighted by molar-refractivity contribution is 5.79. The minimum Gasteiger partial charge on any atom is -0.377 e. The number of ether oxygens (including phenoxy) is 2. The Kier molecular flexibility index (Phi) is 4.89. The summed E-state index contributed by atoms with van der Waals surface area (Å²) in [7, 11) is 1.69. The maximum absolute atomic E-state index is 12.6. The molecule has 0 aromatic carbocycles. The summed E-state index contributed by atoms with van der Waals surface area (Å²) in [6.07, 6.45) is 3.45. The Hall–Kier alpha value is -1.18. The molecule has 0 saturated carbocycles. The van der Waals surface area contributed by atoms with E-state index in [2.05, 4.69) is 4.90 Å². The van der Waals surface area contributed by atoms with Gasteiger partial charge in [-0.15, -0.1) is 0 Å². The Morgan fingerprint density at radius 2 is 2.09 bits per heavy atom. The molecule has 3 saturated heterocycles. The van der Waals surface area contributed by atoms with E-state index in [0.29, 0.717) is 19.6 Å². The summed E-state index contributed by atoms with van der Waals surface area (Å²) in [6.45, 7) is 3.89. The van der Waals surface area contributed by atoms with Gasteiger partial charge in [0.25, 0.3) is 0 Å². The first-order chi connectivity index (χ1) is 11.0. The molecule has 0 aliphatic carbocycles. The summed E-state index contributed by atoms with van der Waals surface area (Å²) >= 11 is 0. The number of hydrogen-bond acceptors (Lipinski definition) is 5. The number of methoxy groups -OCH3 is 1. The zero-order valence-electron chi connectivity index (χ0n) is 13.8. The van der Waals surface area contributed by atoms with E-state index in [9.17, 15) is 9.59 Å². The van der Waals surface area contributed by atoms with Crippen molar-refractivity contribution in [3.05, 3.63) is 0 Å². The highest BCUT2D eigenvalue weighted by Gasteiger charge is 2.51. The lowest BCUT2D eigenvalue weighted by Crippen LogP contribution is -2.45. The van der Waals surface area contributed by atoms with Gasteiger partial charge in [-0.2, -0.15) is 0 Å². The molecule has 3 aliphatic rings. The van der Waals surface area contributed by atoms with Gasteiger partial charge in [0, 0.05) is 26.2 Å². The van der Waals surface area contributed by atoms with Gasteiger partial charge in [-0.05, 0) is 38.8 Å². The van der Waals surface area contributed by atoms with Crippen molar-refractivity contribution in [1.29, 1.82) is 0 Å². The van der Waals surface area contributed by atoms with Crippen LogP contribution in [0.4, 0.5) is 0 Å². The molecule has 0 radical (unpaired) electrons. The van der Waals surface area contributed by atoms with Crippen LogP contribution in [-0.2, 0) is 19.1 Å². The number of likely N-dealkylation sites (tertiary alicyclic amines) is 2. The molecule has 0 unspecified atom stereocenters. The van der Waals surface area contributed by atoms with E-state index in [1.807, 2.05) is 4.90 Å². The molecular formula is C16H27N3O4. The first kappa shape index (κ1) is 16.7. The normalized spacial score (nSPS) is 32.7. The molecular weight excluding hydrogens is 298 g/mol. The van der Waals surface area contributed by atoms with Crippen molar-refractivity contribution >= 4 is 11.8 Å². The zero-order valence-corrected chi connectivity index (χ0v) is 13.8. The Balaban J connectivity index is 1.52. The van der Waals surface area contributed by atoms with Gasteiger partial charge in [0.2, 0.25) is 11.8 Å². The second-order valence-electron chi connectivity index (χ2n) is 6.97. The molecule has 3 aliphatic heterocycles. The molecule has 3 rings (SSSR count). The Morgan fingerprint density at radius 1 is 1.35 bits per heavy atom. The van der Waals surface area contributed by atoms with Crippen LogP contribution in [0, 0.1) is 5.92 Å². The summed E-state index contributed by atoms with van der Waals surface area (Å²) in [6, 6.07) is 0. The van der Waals surface area contributed by atoms with Crippen LogP contribution in [0.15, 0.2) is 0 Å². The fourth-order valence-electron chi connectivity index (χ4n) is 4.10. The molecule has 2 amide bonds. The second-order valence-corrected chi connectivity index (χ2v) is 6.97. The first-order valence-electron chi connectivity index (χ1n) is 8.50. The SMILES string of the molecule is CO[C@H]1CN(C(=O)CN2CCC(C(N)=O)CC2)C[C@@]12CCCO2. The van der Waals surface area contributed by atoms with Crippen LogP contribution >= 0.6 is 0 Å². The quantitative estimate of drug-likeness (QED) is 0.759. The first-order valence-corrected chi connectivity index (χ1v) is 8.50. The van der Waals surface area contributed by atoms with Gasteiger partial charge in [-0.1, -0.05) is 0 Å². The van der Waals surface area contributed by atoms with E-state index in [1.54, 1.807) is 7.11 Å². The van der Waals surface area contributed by atoms with Crippen LogP contribution in [0.1, 0.15) is 25.7 Å². The third kappa shape index (κ3) is 3.36. The van der Waals surface area contributed by atoms with Crippen LogP contribution in [0.2, 0.25) is 0 Å². The number of amides is 2. The monoisotopic (exact) mass is 325 g/mol. The summed E-state index contributed by atoms with van der Waals surface area (Å²) in [4.78, 5) is 27.8. The maximum Gasteiger partial charge on any atom is 0.236 e. The molecule has 2 N–H and O–H groups in total. The third-order valence-electron chi connectivity index (χ3n) is 5.55. The van der Waals surface area contributed by atoms with Gasteiger partial charge in [0.05, 0.1) is 13.1 Å². The number of hydrogen-bond donors (Lipinski definition) is 1. The largest absolute Gasteiger partial charge is 0.377 e. The van der Waals surface area contributed by atoms with E-state index >= 15 is 0 Å². The van der Waals surface area contributed by atoms with Crippen molar-refractivity contribution in [2.75, 3.05) is 46.4 Å². The van der Waals surface area contributed by atoms with Gasteiger partial charge >= 0.3 is 0 Å². The molecule has 1 spiro atoms. The van der Waals surface area contributed by atoms with Gasteiger partial charge in [-0.25, -0.2) is 0 Å². The Labute approximate surface area is 137 Å². The van der Waals surface area contributed by atoms with Crippen molar-refractivity contribution in [3.63, 3.8) is 0 Å². The van der Waals surface area contributed by atoms with E-state index in [4.69, 9.17) is 15.2 Å². The topological polar surface area (TPSA) is 85.1 Å². The van der Waals surface area contributed by atoms with Crippen LogP contribution in [0.25, 0.3) is 0 Å². The van der Waals surface area contributed by atoms with Gasteiger partial charge in [0.1, 0.15) is 11.7 Å². The summed E-state index contributed by atoms with van der Waals surface area (Å²) in [5.74, 6) is -0.142. The van der Waals surface area contributed by atoms with E-state index < -0.39 is 0 Å². The fourth-order valence-corrected chi connectivity index (χ4v) is 4.10. The van der Waals surface area contributed by atoms with Crippen LogP contribution in [-0.4, -0.2) is 79.8 Å². The maximum atomic E-state index is 12.6. The average molecular weight is 325 g/mol. The lowest BCUT2D eigenvalue weighted by molar-refractivity contribution is -0.133. The lowest BCUT2D eigenvalue weighted by Gasteiger charge is -2.31. The standard InChI is InChI=1S/C16H27N3O4/c1-22-13-9-19(11-16(13)5-2-8-23-16)14(20)10-18-6-3-12(4-7-18)15(17)21/h12-13H,2-11H2,1H3,(H2,17,21)/t13-,16-/m0/s1. The van der Waals surface area contributed by atoms with E-state index in [-0.39, 0.29) is 29.4 Å². The summed E-state index contributed by atoms with van der Waals surface area (Å²) in [5.41, 5.74) is 5.05. The number of nitrogens with zero attached hydrogens (tertiary/aromatic N) is 2. The Morgan fingerprint density at radius 3 is 2.65 bits per heavy atom. The lowest BCUT2D eigenvalue weighted by atomic mass is 9.96. The number of rotatable bonds is 4. The molecule has 0 bridgehead atoms. The van der Waals surface area contributed by atoms with Crippen molar-refractivity contribution in [2.24, 2.45) is 11.7 Å². The van der Waals surface area contributed by atoms with Crippen molar-refractivity contribution in [3.8, 4) is 0 Å². The molecule has 2 atom stereocenters. The Bertz CT molecular complexity index is 456. The number of carbonyl (C=O) groups is 2. The van der Waals surface area contributed by atoms with Gasteiger partial charge in [-0.3, -0.25) is 14.5 Å². The van der Waals surface area contributed by atoms with E-state index in [0.717, 1.165) is 45.4 Å². The van der Waals surface area contributed by atoms with Crippen LogP contribution < -0.4 is 5.73 Å². The number of piperidine rings is 1. The molecule has 0 aromatic heterocycles. The molecule has 3 fully saturated rings. The number of primary amides is 1. The molecule has 7 nitrogen and oxygen atoms in total. The number of nitrogens with two attached hydrogens (primary N) is 1. The highest BCUT2D eigenvalue weighted by atomic mass is 16.6. The summed E-state index contributed by atoms with van der Waals surface area (Å²) in [5, 5.41) is 0. The number of carbonyl (C=O) groups excluding carboxylic acids is 2. The van der Waals surface area contributed by atoms with Gasteiger partial charge in [0.15, 0.2) is 0 Å². The predicted molar refractivity (Wildman–Crippen MR) is 83.7 cm³/mol. The smallest absolute Gasteiger partial charge is 0.236 e. The molecule has 0 aromatic rings. The highest BCUT2D eigenvalue weighted by Crippen LogP contribution is 2.36. The molecule has 23 heavy (non-hydrogen) atoms. The summed E-state index contributed by atoms with van der Waals surface area (Å²) < 4.78 is 11.5. The van der Waals surface area contributed by atoms with Crippen molar-refractivity contribution in [2.45, 2.75) is 37.4 Å². The average Bonchev–Trinajstić information content (AvgIpc) is 3.16.